The van der Waals surface area contributed by atoms with Crippen molar-refractivity contribution in [1.29, 1.82) is 0 Å². The Balaban J connectivity index is 2.55. The molecule has 0 unspecified atom stereocenters. The molecule has 170 valence electrons. The zero-order valence-electron chi connectivity index (χ0n) is 17.1. The molecular weight excluding hydrogens is 447 g/mol. The molecule has 0 fully saturated rings. The van der Waals surface area contributed by atoms with Crippen LogP contribution in [0.4, 0.5) is 39.5 Å². The maximum Gasteiger partial charge on any atom is 0.200 e. The van der Waals surface area contributed by atoms with E-state index in [1.54, 1.807) is 0 Å². The van der Waals surface area contributed by atoms with Crippen LogP contribution in [0.1, 0.15) is 31.9 Å². The van der Waals surface area contributed by atoms with Crippen LogP contribution in [0.5, 0.6) is 0 Å². The monoisotopic (exact) mass is 462 g/mol. The maximum atomic E-state index is 14.7. The van der Waals surface area contributed by atoms with E-state index in [2.05, 4.69) is 0 Å². The van der Waals surface area contributed by atoms with Crippen molar-refractivity contribution in [2.45, 2.75) is 33.1 Å². The van der Waals surface area contributed by atoms with Gasteiger partial charge >= 0.3 is 0 Å². The molecule has 0 radical (unpaired) electrons. The summed E-state index contributed by atoms with van der Waals surface area (Å²) in [5, 5.41) is 0. The zero-order valence-corrected chi connectivity index (χ0v) is 17.1. The van der Waals surface area contributed by atoms with Gasteiger partial charge in [-0.2, -0.15) is 0 Å². The van der Waals surface area contributed by atoms with Crippen molar-refractivity contribution in [3.63, 3.8) is 0 Å². The quantitative estimate of drug-likeness (QED) is 0.207. The molecule has 0 heterocycles. The lowest BCUT2D eigenvalue weighted by atomic mass is 9.76. The number of halogens is 9. The highest BCUT2D eigenvalue weighted by Gasteiger charge is 2.34. The van der Waals surface area contributed by atoms with E-state index >= 15 is 0 Å². The van der Waals surface area contributed by atoms with Gasteiger partial charge in [0.05, 0.1) is 11.1 Å². The molecule has 0 aromatic heterocycles. The summed E-state index contributed by atoms with van der Waals surface area (Å²) in [6, 6.07) is 3.04. The van der Waals surface area contributed by atoms with Gasteiger partial charge in [0, 0.05) is 5.56 Å². The summed E-state index contributed by atoms with van der Waals surface area (Å²) < 4.78 is 128. The first-order valence-electron chi connectivity index (χ1n) is 9.19. The normalized spacial score (nSPS) is 11.9. The van der Waals surface area contributed by atoms with Crippen LogP contribution in [-0.4, -0.2) is 0 Å². The summed E-state index contributed by atoms with van der Waals surface area (Å²) in [6.07, 6.45) is 0. The van der Waals surface area contributed by atoms with Gasteiger partial charge in [0.15, 0.2) is 46.5 Å². The first-order chi connectivity index (χ1) is 14.7. The Bertz CT molecular complexity index is 1110. The van der Waals surface area contributed by atoms with E-state index in [1.165, 1.54) is 20.8 Å². The second kappa shape index (κ2) is 7.86. The van der Waals surface area contributed by atoms with Gasteiger partial charge in [0.25, 0.3) is 0 Å². The van der Waals surface area contributed by atoms with Crippen molar-refractivity contribution in [2.24, 2.45) is 0 Å². The predicted octanol–water partition coefficient (Wildman–Crippen LogP) is 7.88. The minimum absolute atomic E-state index is 0.288. The summed E-state index contributed by atoms with van der Waals surface area (Å²) in [6.45, 7) is 5.10. The van der Waals surface area contributed by atoms with E-state index in [4.69, 9.17) is 0 Å². The van der Waals surface area contributed by atoms with Gasteiger partial charge in [0.1, 0.15) is 0 Å². The van der Waals surface area contributed by atoms with E-state index in [0.717, 1.165) is 25.1 Å². The molecule has 3 aromatic carbocycles. The molecule has 0 saturated carbocycles. The third kappa shape index (κ3) is 3.43. The summed E-state index contributed by atoms with van der Waals surface area (Å²) >= 11 is 0. The summed E-state index contributed by atoms with van der Waals surface area (Å²) in [4.78, 5) is 0. The smallest absolute Gasteiger partial charge is 0.200 e. The lowest BCUT2D eigenvalue weighted by molar-refractivity contribution is 0.381. The van der Waals surface area contributed by atoms with E-state index in [0.29, 0.717) is 0 Å². The SMILES string of the molecule is Cc1c(F)c(F)c(-c2cccc(-c3c(F)c(F)c(F)c(F)c3F)c2C(C)(C)C)c(F)c1F. The Hall–Kier alpha value is -2.97. The molecule has 0 amide bonds. The van der Waals surface area contributed by atoms with E-state index in [1.807, 2.05) is 0 Å². The van der Waals surface area contributed by atoms with Crippen LogP contribution >= 0.6 is 0 Å². The molecule has 0 N–H and O–H groups in total. The molecule has 32 heavy (non-hydrogen) atoms. The molecule has 0 aliphatic carbocycles. The van der Waals surface area contributed by atoms with Crippen LogP contribution < -0.4 is 0 Å². The van der Waals surface area contributed by atoms with E-state index in [9.17, 15) is 39.5 Å². The number of benzene rings is 3. The Kier molecular flexibility index (Phi) is 5.82. The average Bonchev–Trinajstić information content (AvgIpc) is 2.73. The number of rotatable bonds is 2. The molecular formula is C23H15F9. The molecule has 0 saturated heterocycles. The Labute approximate surface area is 177 Å². The summed E-state index contributed by atoms with van der Waals surface area (Å²) in [5.74, 6) is -18.0. The van der Waals surface area contributed by atoms with Crippen molar-refractivity contribution < 1.29 is 39.5 Å². The van der Waals surface area contributed by atoms with Gasteiger partial charge in [-0.3, -0.25) is 0 Å². The highest BCUT2D eigenvalue weighted by Crippen LogP contribution is 2.44. The topological polar surface area (TPSA) is 0 Å². The molecule has 0 spiro atoms. The Morgan fingerprint density at radius 1 is 0.500 bits per heavy atom. The van der Waals surface area contributed by atoms with Gasteiger partial charge in [0.2, 0.25) is 5.82 Å². The second-order valence-corrected chi connectivity index (χ2v) is 8.18. The Morgan fingerprint density at radius 2 is 0.812 bits per heavy atom. The average molecular weight is 462 g/mol. The molecule has 0 nitrogen and oxygen atoms in total. The largest absolute Gasteiger partial charge is 0.203 e. The van der Waals surface area contributed by atoms with E-state index < -0.39 is 85.6 Å². The molecule has 9 heteroatoms. The maximum absolute atomic E-state index is 14.7. The highest BCUT2D eigenvalue weighted by molar-refractivity contribution is 5.81. The fourth-order valence-corrected chi connectivity index (χ4v) is 3.60. The zero-order chi connectivity index (χ0) is 24.3. The van der Waals surface area contributed by atoms with E-state index in [-0.39, 0.29) is 5.56 Å². The van der Waals surface area contributed by atoms with Gasteiger partial charge in [-0.25, -0.2) is 39.5 Å². The fraction of sp³-hybridized carbons (Fsp3) is 0.217. The predicted molar refractivity (Wildman–Crippen MR) is 100 cm³/mol. The van der Waals surface area contributed by atoms with Gasteiger partial charge in [-0.15, -0.1) is 0 Å². The lowest BCUT2D eigenvalue weighted by Gasteiger charge is -2.28. The Morgan fingerprint density at radius 3 is 1.16 bits per heavy atom. The number of hydrogen-bond donors (Lipinski definition) is 0. The standard InChI is InChI=1S/C23H15F9/c1-8-14(24)16(26)11(17(27)15(8)25)9-6-5-7-10(13(9)23(2,3)4)12-18(28)20(30)22(32)21(31)19(12)29/h5-7H,1-4H3. The molecule has 3 rings (SSSR count). The van der Waals surface area contributed by atoms with Crippen LogP contribution in [-0.2, 0) is 5.41 Å². The van der Waals surface area contributed by atoms with Crippen LogP contribution in [0, 0.1) is 59.3 Å². The molecule has 0 bridgehead atoms. The minimum atomic E-state index is -2.38. The molecule has 0 aliphatic heterocycles. The number of hydrogen-bond acceptors (Lipinski definition) is 0. The highest BCUT2D eigenvalue weighted by atomic mass is 19.2. The van der Waals surface area contributed by atoms with Crippen LogP contribution in [0.2, 0.25) is 0 Å². The fourth-order valence-electron chi connectivity index (χ4n) is 3.60. The third-order valence-corrected chi connectivity index (χ3v) is 5.05. The first kappa shape index (κ1) is 23.7. The van der Waals surface area contributed by atoms with Gasteiger partial charge < -0.3 is 0 Å². The second-order valence-electron chi connectivity index (χ2n) is 8.18. The summed E-state index contributed by atoms with van der Waals surface area (Å²) in [7, 11) is 0. The van der Waals surface area contributed by atoms with Crippen LogP contribution in [0.25, 0.3) is 22.3 Å². The molecule has 3 aromatic rings. The lowest BCUT2D eigenvalue weighted by Crippen LogP contribution is -2.17. The van der Waals surface area contributed by atoms with Gasteiger partial charge in [-0.1, -0.05) is 39.0 Å². The van der Waals surface area contributed by atoms with Crippen LogP contribution in [0.3, 0.4) is 0 Å². The first-order valence-corrected chi connectivity index (χ1v) is 9.19. The van der Waals surface area contributed by atoms with Crippen molar-refractivity contribution in [3.05, 3.63) is 81.7 Å². The summed E-state index contributed by atoms with van der Waals surface area (Å²) in [5.41, 5.74) is -6.03. The molecule has 0 atom stereocenters. The van der Waals surface area contributed by atoms with Crippen molar-refractivity contribution in [2.75, 3.05) is 0 Å². The van der Waals surface area contributed by atoms with Crippen molar-refractivity contribution in [1.82, 2.24) is 0 Å². The van der Waals surface area contributed by atoms with Crippen molar-refractivity contribution >= 4 is 0 Å². The minimum Gasteiger partial charge on any atom is -0.203 e. The van der Waals surface area contributed by atoms with Crippen LogP contribution in [0.15, 0.2) is 18.2 Å². The third-order valence-electron chi connectivity index (χ3n) is 5.05. The molecule has 0 aliphatic rings. The van der Waals surface area contributed by atoms with Crippen molar-refractivity contribution in [3.8, 4) is 22.3 Å². The van der Waals surface area contributed by atoms with Gasteiger partial charge in [-0.05, 0) is 29.0 Å².